The first-order valence-corrected chi connectivity index (χ1v) is 7.51. The zero-order chi connectivity index (χ0) is 17.7. The molecule has 1 aromatic rings. The molecule has 24 heavy (non-hydrogen) atoms. The van der Waals surface area contributed by atoms with Gasteiger partial charge in [0.15, 0.2) is 0 Å². The number of methoxy groups -OCH3 is 2. The van der Waals surface area contributed by atoms with E-state index in [4.69, 9.17) is 9.47 Å². The van der Waals surface area contributed by atoms with Gasteiger partial charge in [0.25, 0.3) is 0 Å². The molecule has 0 radical (unpaired) electrons. The molecule has 2 amide bonds. The maximum atomic E-state index is 13.5. The highest BCUT2D eigenvalue weighted by molar-refractivity contribution is 5.88. The van der Waals surface area contributed by atoms with Crippen LogP contribution < -0.4 is 14.8 Å². The third-order valence-electron chi connectivity index (χ3n) is 3.67. The lowest BCUT2D eigenvalue weighted by atomic mass is 9.98. The van der Waals surface area contributed by atoms with Crippen LogP contribution in [0.1, 0.15) is 19.8 Å². The Labute approximate surface area is 139 Å². The topological polar surface area (TPSA) is 96.8 Å². The van der Waals surface area contributed by atoms with Gasteiger partial charge in [-0.15, -0.1) is 0 Å². The summed E-state index contributed by atoms with van der Waals surface area (Å²) in [6.45, 7) is 1.26. The van der Waals surface area contributed by atoms with Gasteiger partial charge in [0.2, 0.25) is 17.7 Å². The van der Waals surface area contributed by atoms with E-state index in [0.29, 0.717) is 12.8 Å². The molecule has 2 heterocycles. The Bertz CT molecular complexity index is 589. The second kappa shape index (κ2) is 7.91. The summed E-state index contributed by atoms with van der Waals surface area (Å²) < 4.78 is 23.5. The summed E-state index contributed by atoms with van der Waals surface area (Å²) in [5.74, 6) is 0.428. The van der Waals surface area contributed by atoms with Gasteiger partial charge in [0.05, 0.1) is 26.3 Å². The number of aliphatic hydroxyl groups is 1. The monoisotopic (exact) mass is 340 g/mol. The Morgan fingerprint density at radius 3 is 2.58 bits per heavy atom. The van der Waals surface area contributed by atoms with E-state index in [1.807, 2.05) is 0 Å². The van der Waals surface area contributed by atoms with Crippen LogP contribution in [0.4, 0.5) is 15.1 Å². The molecule has 9 heteroatoms. The first kappa shape index (κ1) is 17.9. The smallest absolute Gasteiger partial charge is 0.328 e. The van der Waals surface area contributed by atoms with Crippen LogP contribution in [-0.4, -0.2) is 58.5 Å². The average Bonchev–Trinajstić information content (AvgIpc) is 2.60. The largest absolute Gasteiger partial charge is 0.481 e. The molecule has 3 atom stereocenters. The van der Waals surface area contributed by atoms with E-state index in [1.165, 1.54) is 38.3 Å². The molecule has 0 saturated heterocycles. The summed E-state index contributed by atoms with van der Waals surface area (Å²) in [4.78, 5) is 21.7. The van der Waals surface area contributed by atoms with Crippen LogP contribution in [0.5, 0.6) is 11.8 Å². The number of halogens is 1. The summed E-state index contributed by atoms with van der Waals surface area (Å²) >= 11 is 0. The molecule has 0 saturated carbocycles. The van der Waals surface area contributed by atoms with E-state index in [9.17, 15) is 14.3 Å². The van der Waals surface area contributed by atoms with Crippen molar-refractivity contribution >= 4 is 12.0 Å². The molecule has 0 spiro atoms. The normalized spacial score (nSPS) is 19.5. The molecule has 0 bridgehead atoms. The first-order chi connectivity index (χ1) is 11.5. The molecule has 2 N–H and O–H groups in total. The molecular formula is C15H21FN4O4. The molecule has 1 aliphatic rings. The van der Waals surface area contributed by atoms with E-state index >= 15 is 0 Å². The quantitative estimate of drug-likeness (QED) is 0.847. The fourth-order valence-electron chi connectivity index (χ4n) is 2.39. The van der Waals surface area contributed by atoms with Gasteiger partial charge in [-0.2, -0.15) is 9.97 Å². The molecule has 132 valence electrons. The third-order valence-corrected chi connectivity index (χ3v) is 3.67. The Kier molecular flexibility index (Phi) is 5.91. The molecule has 0 aromatic carbocycles. The highest BCUT2D eigenvalue weighted by Crippen LogP contribution is 2.23. The van der Waals surface area contributed by atoms with Gasteiger partial charge in [0, 0.05) is 6.20 Å². The summed E-state index contributed by atoms with van der Waals surface area (Å²) in [6.07, 6.45) is 1.68. The van der Waals surface area contributed by atoms with Crippen LogP contribution in [0.25, 0.3) is 0 Å². The maximum Gasteiger partial charge on any atom is 0.328 e. The minimum atomic E-state index is -1.45. The summed E-state index contributed by atoms with van der Waals surface area (Å²) in [5, 5.41) is 12.5. The van der Waals surface area contributed by atoms with Gasteiger partial charge in [-0.1, -0.05) is 6.08 Å². The van der Waals surface area contributed by atoms with E-state index in [2.05, 4.69) is 15.3 Å². The number of urea groups is 1. The molecule has 1 aliphatic heterocycles. The number of allylic oxidation sites excluding steroid dienone is 1. The number of carbonyl (C=O) groups is 1. The lowest BCUT2D eigenvalue weighted by molar-refractivity contribution is 0.0243. The molecule has 1 aromatic heterocycles. The fraction of sp³-hybridized carbons (Fsp3) is 0.533. The fourth-order valence-corrected chi connectivity index (χ4v) is 2.39. The van der Waals surface area contributed by atoms with Crippen molar-refractivity contribution in [2.24, 2.45) is 0 Å². The predicted molar refractivity (Wildman–Crippen MR) is 84.7 cm³/mol. The van der Waals surface area contributed by atoms with E-state index < -0.39 is 24.3 Å². The Balaban J connectivity index is 2.18. The Morgan fingerprint density at radius 1 is 1.42 bits per heavy atom. The number of rotatable bonds is 5. The van der Waals surface area contributed by atoms with Crippen LogP contribution in [0.15, 0.2) is 18.3 Å². The van der Waals surface area contributed by atoms with Crippen molar-refractivity contribution < 1.29 is 23.8 Å². The molecular weight excluding hydrogens is 319 g/mol. The number of aliphatic hydroxyl groups excluding tert-OH is 1. The standard InChI is InChI=1S/C15H21FN4O4/c1-9(16)13(21)10-6-4-5-7-20(10)15(22)19-14-17-11(23-2)8-12(18-14)24-3/h5,7-10,13,21H,4,6H2,1-3H3,(H,17,18,19,22). The molecule has 8 nitrogen and oxygen atoms in total. The van der Waals surface area contributed by atoms with Crippen LogP contribution >= 0.6 is 0 Å². The van der Waals surface area contributed by atoms with Crippen LogP contribution in [0.3, 0.4) is 0 Å². The van der Waals surface area contributed by atoms with E-state index in [-0.39, 0.29) is 17.7 Å². The summed E-state index contributed by atoms with van der Waals surface area (Å²) in [6, 6.07) is 0.224. The summed E-state index contributed by atoms with van der Waals surface area (Å²) in [7, 11) is 2.85. The number of hydrogen-bond acceptors (Lipinski definition) is 6. The maximum absolute atomic E-state index is 13.5. The number of carbonyl (C=O) groups excluding carboxylic acids is 1. The van der Waals surface area contributed by atoms with E-state index in [0.717, 1.165) is 0 Å². The van der Waals surface area contributed by atoms with Gasteiger partial charge >= 0.3 is 6.03 Å². The van der Waals surface area contributed by atoms with Crippen molar-refractivity contribution in [1.29, 1.82) is 0 Å². The van der Waals surface area contributed by atoms with Gasteiger partial charge < -0.3 is 14.6 Å². The van der Waals surface area contributed by atoms with Crippen molar-refractivity contribution in [2.45, 2.75) is 38.1 Å². The zero-order valence-corrected chi connectivity index (χ0v) is 13.8. The second-order valence-corrected chi connectivity index (χ2v) is 5.31. The average molecular weight is 340 g/mol. The number of aromatic nitrogens is 2. The number of amides is 2. The molecule has 3 unspecified atom stereocenters. The highest BCUT2D eigenvalue weighted by Gasteiger charge is 2.33. The first-order valence-electron chi connectivity index (χ1n) is 7.51. The van der Waals surface area contributed by atoms with Gasteiger partial charge in [-0.05, 0) is 19.8 Å². The van der Waals surface area contributed by atoms with Crippen LogP contribution in [0, 0.1) is 0 Å². The number of alkyl halides is 1. The summed E-state index contributed by atoms with van der Waals surface area (Å²) in [5.41, 5.74) is 0. The van der Waals surface area contributed by atoms with Crippen molar-refractivity contribution in [1.82, 2.24) is 14.9 Å². The number of anilines is 1. The van der Waals surface area contributed by atoms with Gasteiger partial charge in [-0.3, -0.25) is 10.2 Å². The van der Waals surface area contributed by atoms with Crippen molar-refractivity contribution in [3.8, 4) is 11.8 Å². The molecule has 0 aliphatic carbocycles. The minimum absolute atomic E-state index is 0.0169. The number of nitrogens with one attached hydrogen (secondary N) is 1. The predicted octanol–water partition coefficient (Wildman–Crippen LogP) is 1.72. The molecule has 2 rings (SSSR count). The third kappa shape index (κ3) is 4.10. The van der Waals surface area contributed by atoms with Crippen LogP contribution in [0.2, 0.25) is 0 Å². The second-order valence-electron chi connectivity index (χ2n) is 5.31. The number of hydrogen-bond donors (Lipinski definition) is 2. The highest BCUT2D eigenvalue weighted by atomic mass is 19.1. The van der Waals surface area contributed by atoms with Gasteiger partial charge in [0.1, 0.15) is 12.3 Å². The lowest BCUT2D eigenvalue weighted by Crippen LogP contribution is -2.49. The van der Waals surface area contributed by atoms with Crippen molar-refractivity contribution in [3.05, 3.63) is 18.3 Å². The van der Waals surface area contributed by atoms with E-state index in [1.54, 1.807) is 6.08 Å². The SMILES string of the molecule is COc1cc(OC)nc(NC(=O)N2C=CCCC2C(O)C(C)F)n1. The lowest BCUT2D eigenvalue weighted by Gasteiger charge is -2.35. The zero-order valence-electron chi connectivity index (χ0n) is 13.8. The molecule has 0 fully saturated rings. The van der Waals surface area contributed by atoms with Gasteiger partial charge in [-0.25, -0.2) is 9.18 Å². The van der Waals surface area contributed by atoms with Crippen molar-refractivity contribution in [3.63, 3.8) is 0 Å². The Hall–Kier alpha value is -2.42. The number of nitrogens with zero attached hydrogens (tertiary/aromatic N) is 3. The van der Waals surface area contributed by atoms with Crippen LogP contribution in [-0.2, 0) is 0 Å². The minimum Gasteiger partial charge on any atom is -0.481 e. The van der Waals surface area contributed by atoms with Crippen molar-refractivity contribution in [2.75, 3.05) is 19.5 Å². The Morgan fingerprint density at radius 2 is 2.04 bits per heavy atom. The number of ether oxygens (including phenoxy) is 2.